The first kappa shape index (κ1) is 20.4. The summed E-state index contributed by atoms with van der Waals surface area (Å²) in [5.74, 6) is -0.216. The van der Waals surface area contributed by atoms with Crippen LogP contribution in [0.5, 0.6) is 0 Å². The Balaban J connectivity index is 1.84. The number of aromatic nitrogens is 1. The van der Waals surface area contributed by atoms with Crippen molar-refractivity contribution in [2.24, 2.45) is 0 Å². The second-order valence-corrected chi connectivity index (χ2v) is 8.31. The molecule has 6 nitrogen and oxygen atoms in total. The van der Waals surface area contributed by atoms with Gasteiger partial charge in [-0.15, -0.1) is 0 Å². The second kappa shape index (κ2) is 9.66. The predicted molar refractivity (Wildman–Crippen MR) is 102 cm³/mol. The third-order valence-electron chi connectivity index (χ3n) is 3.79. The Hall–Kier alpha value is -1.96. The highest BCUT2D eigenvalue weighted by Gasteiger charge is 2.17. The van der Waals surface area contributed by atoms with Crippen molar-refractivity contribution in [3.8, 4) is 0 Å². The van der Waals surface area contributed by atoms with Gasteiger partial charge in [0.25, 0.3) is 0 Å². The number of amides is 1. The van der Waals surface area contributed by atoms with Crippen LogP contribution in [0.2, 0.25) is 5.02 Å². The van der Waals surface area contributed by atoms with Gasteiger partial charge in [-0.1, -0.05) is 29.8 Å². The van der Waals surface area contributed by atoms with E-state index in [4.69, 9.17) is 11.6 Å². The van der Waals surface area contributed by atoms with Gasteiger partial charge < -0.3 is 5.32 Å². The van der Waals surface area contributed by atoms with Gasteiger partial charge in [0.15, 0.2) is 0 Å². The highest BCUT2D eigenvalue weighted by atomic mass is 35.5. The van der Waals surface area contributed by atoms with E-state index in [0.29, 0.717) is 24.5 Å². The number of sulfonamides is 1. The lowest BCUT2D eigenvalue weighted by molar-refractivity contribution is -0.121. The Kier molecular flexibility index (Phi) is 7.56. The molecule has 0 saturated heterocycles. The Morgan fingerprint density at radius 1 is 1.19 bits per heavy atom. The SMILES string of the molecule is CS(=O)(=O)N(CCC(=O)NCc1ccccn1)CCc1cccc(Cl)c1. The second-order valence-electron chi connectivity index (χ2n) is 5.89. The van der Waals surface area contributed by atoms with Gasteiger partial charge >= 0.3 is 0 Å². The molecule has 1 aromatic heterocycles. The molecule has 0 aliphatic carbocycles. The molecule has 1 aromatic carbocycles. The van der Waals surface area contributed by atoms with E-state index in [1.165, 1.54) is 4.31 Å². The lowest BCUT2D eigenvalue weighted by Crippen LogP contribution is -2.36. The van der Waals surface area contributed by atoms with Gasteiger partial charge in [-0.05, 0) is 36.2 Å². The van der Waals surface area contributed by atoms with E-state index in [9.17, 15) is 13.2 Å². The summed E-state index contributed by atoms with van der Waals surface area (Å²) < 4.78 is 25.3. The molecule has 0 aliphatic heterocycles. The van der Waals surface area contributed by atoms with Gasteiger partial charge in [0.05, 0.1) is 18.5 Å². The summed E-state index contributed by atoms with van der Waals surface area (Å²) in [6.07, 6.45) is 3.43. The fraction of sp³-hybridized carbons (Fsp3) is 0.333. The molecule has 0 saturated carbocycles. The quantitative estimate of drug-likeness (QED) is 0.706. The zero-order valence-electron chi connectivity index (χ0n) is 14.6. The number of carbonyl (C=O) groups is 1. The lowest BCUT2D eigenvalue weighted by Gasteiger charge is -2.19. The minimum absolute atomic E-state index is 0.0927. The number of pyridine rings is 1. The Morgan fingerprint density at radius 3 is 2.65 bits per heavy atom. The smallest absolute Gasteiger partial charge is 0.221 e. The van der Waals surface area contributed by atoms with Crippen LogP contribution in [0.4, 0.5) is 0 Å². The van der Waals surface area contributed by atoms with Crippen molar-refractivity contribution in [3.05, 3.63) is 64.9 Å². The van der Waals surface area contributed by atoms with Crippen LogP contribution in [0.15, 0.2) is 48.7 Å². The summed E-state index contributed by atoms with van der Waals surface area (Å²) in [4.78, 5) is 16.1. The van der Waals surface area contributed by atoms with Crippen LogP contribution in [0.25, 0.3) is 0 Å². The van der Waals surface area contributed by atoms with Crippen molar-refractivity contribution in [3.63, 3.8) is 0 Å². The minimum Gasteiger partial charge on any atom is -0.350 e. The largest absolute Gasteiger partial charge is 0.350 e. The summed E-state index contributed by atoms with van der Waals surface area (Å²) in [6.45, 7) is 0.751. The van der Waals surface area contributed by atoms with E-state index in [2.05, 4.69) is 10.3 Å². The zero-order chi connectivity index (χ0) is 19.0. The van der Waals surface area contributed by atoms with Crippen LogP contribution in [0.3, 0.4) is 0 Å². The Bertz CT molecular complexity index is 829. The van der Waals surface area contributed by atoms with E-state index in [-0.39, 0.29) is 18.9 Å². The topological polar surface area (TPSA) is 79.4 Å². The summed E-state index contributed by atoms with van der Waals surface area (Å²) in [5.41, 5.74) is 1.70. The van der Waals surface area contributed by atoms with Crippen LogP contribution < -0.4 is 5.32 Å². The third kappa shape index (κ3) is 7.11. The molecule has 0 fully saturated rings. The van der Waals surface area contributed by atoms with E-state index in [1.807, 2.05) is 30.3 Å². The average Bonchev–Trinajstić information content (AvgIpc) is 2.59. The number of benzene rings is 1. The maximum absolute atomic E-state index is 12.0. The number of nitrogens with zero attached hydrogens (tertiary/aromatic N) is 2. The molecule has 0 bridgehead atoms. The monoisotopic (exact) mass is 395 g/mol. The molecule has 1 N–H and O–H groups in total. The standard InChI is InChI=1S/C18H22ClN3O3S/c1-26(24,25)22(11-8-15-5-4-6-16(19)13-15)12-9-18(23)21-14-17-7-2-3-10-20-17/h2-7,10,13H,8-9,11-12,14H2,1H3,(H,21,23). The number of hydrogen-bond acceptors (Lipinski definition) is 4. The summed E-state index contributed by atoms with van der Waals surface area (Å²) in [7, 11) is -3.40. The third-order valence-corrected chi connectivity index (χ3v) is 5.33. The van der Waals surface area contributed by atoms with Crippen molar-refractivity contribution >= 4 is 27.5 Å². The molecule has 2 rings (SSSR count). The molecular formula is C18H22ClN3O3S. The van der Waals surface area contributed by atoms with Gasteiger partial charge in [0.1, 0.15) is 0 Å². The van der Waals surface area contributed by atoms with Crippen LogP contribution in [0, 0.1) is 0 Å². The number of rotatable bonds is 9. The highest BCUT2D eigenvalue weighted by Crippen LogP contribution is 2.12. The van der Waals surface area contributed by atoms with Gasteiger partial charge in [0.2, 0.25) is 15.9 Å². The Labute approximate surface area is 159 Å². The maximum atomic E-state index is 12.0. The molecule has 2 aromatic rings. The van der Waals surface area contributed by atoms with Gasteiger partial charge in [-0.25, -0.2) is 12.7 Å². The molecule has 26 heavy (non-hydrogen) atoms. The van der Waals surface area contributed by atoms with Crippen LogP contribution in [-0.4, -0.2) is 43.0 Å². The van der Waals surface area contributed by atoms with Crippen molar-refractivity contribution in [2.75, 3.05) is 19.3 Å². The van der Waals surface area contributed by atoms with E-state index in [0.717, 1.165) is 17.5 Å². The van der Waals surface area contributed by atoms with Crippen LogP contribution >= 0.6 is 11.6 Å². The minimum atomic E-state index is -3.40. The first-order chi connectivity index (χ1) is 12.3. The normalized spacial score (nSPS) is 11.5. The van der Waals surface area contributed by atoms with E-state index >= 15 is 0 Å². The number of halogens is 1. The number of hydrogen-bond donors (Lipinski definition) is 1. The summed E-state index contributed by atoms with van der Waals surface area (Å²) in [5, 5.41) is 3.36. The Morgan fingerprint density at radius 2 is 2.00 bits per heavy atom. The lowest BCUT2D eigenvalue weighted by atomic mass is 10.1. The molecule has 1 heterocycles. The van der Waals surface area contributed by atoms with Gasteiger partial charge in [0, 0.05) is 30.7 Å². The molecule has 8 heteroatoms. The molecule has 0 unspecified atom stereocenters. The molecule has 0 radical (unpaired) electrons. The molecular weight excluding hydrogens is 374 g/mol. The van der Waals surface area contributed by atoms with Crippen molar-refractivity contribution in [1.29, 1.82) is 0 Å². The van der Waals surface area contributed by atoms with Crippen LogP contribution in [0.1, 0.15) is 17.7 Å². The van der Waals surface area contributed by atoms with E-state index < -0.39 is 10.0 Å². The highest BCUT2D eigenvalue weighted by molar-refractivity contribution is 7.88. The van der Waals surface area contributed by atoms with Crippen LogP contribution in [-0.2, 0) is 27.8 Å². The van der Waals surface area contributed by atoms with Crippen molar-refractivity contribution in [1.82, 2.24) is 14.6 Å². The van der Waals surface area contributed by atoms with Crippen molar-refractivity contribution in [2.45, 2.75) is 19.4 Å². The first-order valence-corrected chi connectivity index (χ1v) is 10.4. The molecule has 140 valence electrons. The maximum Gasteiger partial charge on any atom is 0.221 e. The van der Waals surface area contributed by atoms with Gasteiger partial charge in [-0.3, -0.25) is 9.78 Å². The van der Waals surface area contributed by atoms with E-state index in [1.54, 1.807) is 18.3 Å². The fourth-order valence-corrected chi connectivity index (χ4v) is 3.45. The predicted octanol–water partition coefficient (Wildman–Crippen LogP) is 2.25. The average molecular weight is 396 g/mol. The van der Waals surface area contributed by atoms with Gasteiger partial charge in [-0.2, -0.15) is 0 Å². The fourth-order valence-electron chi connectivity index (χ4n) is 2.40. The molecule has 0 spiro atoms. The number of nitrogens with one attached hydrogen (secondary N) is 1. The summed E-state index contributed by atoms with van der Waals surface area (Å²) >= 11 is 5.95. The zero-order valence-corrected chi connectivity index (χ0v) is 16.1. The molecule has 0 atom stereocenters. The molecule has 0 aliphatic rings. The summed E-state index contributed by atoms with van der Waals surface area (Å²) in [6, 6.07) is 12.8. The molecule has 1 amide bonds. The number of carbonyl (C=O) groups excluding carboxylic acids is 1. The first-order valence-electron chi connectivity index (χ1n) is 8.21. The van der Waals surface area contributed by atoms with Crippen molar-refractivity contribution < 1.29 is 13.2 Å².